The molecule has 0 bridgehead atoms. The van der Waals surface area contributed by atoms with Gasteiger partial charge in [-0.05, 0) is 93.4 Å². The number of oxazole rings is 1. The molecule has 0 radical (unpaired) electrons. The van der Waals surface area contributed by atoms with E-state index in [1.807, 2.05) is 12.1 Å². The highest BCUT2D eigenvalue weighted by Crippen LogP contribution is 2.35. The van der Waals surface area contributed by atoms with E-state index in [1.165, 1.54) is 17.7 Å². The Morgan fingerprint density at radius 1 is 1.17 bits per heavy atom. The molecule has 1 aromatic heterocycles. The molecule has 1 fully saturated rings. The summed E-state index contributed by atoms with van der Waals surface area (Å²) in [6, 6.07) is 11.3. The van der Waals surface area contributed by atoms with E-state index in [4.69, 9.17) is 16.0 Å². The van der Waals surface area contributed by atoms with E-state index in [9.17, 15) is 9.18 Å². The standard InChI is InChI=1S/C23H26ClFN2O2/c1-27(12-2-3-16-4-8-18(25)14-20(16)24)19-9-5-15(6-10-19)17-7-11-21-22(13-17)29-23(28)26-21/h4,7-8,11,13-15,19H,2-3,5-6,9-10,12H2,1H3,(H,26,28). The van der Waals surface area contributed by atoms with Gasteiger partial charge in [0.15, 0.2) is 5.58 Å². The topological polar surface area (TPSA) is 49.2 Å². The summed E-state index contributed by atoms with van der Waals surface area (Å²) in [5, 5.41) is 0.517. The summed E-state index contributed by atoms with van der Waals surface area (Å²) in [6.07, 6.45) is 6.46. The Kier molecular flexibility index (Phi) is 6.07. The zero-order valence-corrected chi connectivity index (χ0v) is 17.3. The minimum absolute atomic E-state index is 0.287. The SMILES string of the molecule is CN(CCCc1ccc(F)cc1Cl)C1CCC(c2ccc3[nH]c(=O)oc3c2)CC1. The van der Waals surface area contributed by atoms with Gasteiger partial charge in [0.1, 0.15) is 5.82 Å². The number of benzene rings is 2. The van der Waals surface area contributed by atoms with Crippen LogP contribution in [-0.4, -0.2) is 29.5 Å². The average Bonchev–Trinajstić information content (AvgIpc) is 3.09. The Labute approximate surface area is 174 Å². The first kappa shape index (κ1) is 20.2. The third-order valence-electron chi connectivity index (χ3n) is 6.21. The number of hydrogen-bond donors (Lipinski definition) is 1. The molecule has 0 atom stereocenters. The van der Waals surface area contributed by atoms with Gasteiger partial charge in [0.25, 0.3) is 0 Å². The summed E-state index contributed by atoms with van der Waals surface area (Å²) in [5.41, 5.74) is 3.67. The number of halogens is 2. The van der Waals surface area contributed by atoms with Crippen molar-refractivity contribution in [3.63, 3.8) is 0 Å². The Morgan fingerprint density at radius 2 is 1.97 bits per heavy atom. The molecule has 1 aliphatic rings. The van der Waals surface area contributed by atoms with Crippen LogP contribution in [-0.2, 0) is 6.42 Å². The van der Waals surface area contributed by atoms with Crippen molar-refractivity contribution >= 4 is 22.7 Å². The van der Waals surface area contributed by atoms with Crippen LogP contribution in [0.5, 0.6) is 0 Å². The van der Waals surface area contributed by atoms with Crippen LogP contribution in [0.2, 0.25) is 5.02 Å². The quantitative estimate of drug-likeness (QED) is 0.576. The molecule has 29 heavy (non-hydrogen) atoms. The van der Waals surface area contributed by atoms with Crippen molar-refractivity contribution in [1.29, 1.82) is 0 Å². The lowest BCUT2D eigenvalue weighted by Gasteiger charge is -2.35. The molecule has 4 rings (SSSR count). The lowest BCUT2D eigenvalue weighted by molar-refractivity contribution is 0.181. The second-order valence-corrected chi connectivity index (χ2v) is 8.50. The fraction of sp³-hybridized carbons (Fsp3) is 0.435. The third kappa shape index (κ3) is 4.73. The number of aryl methyl sites for hydroxylation is 1. The fourth-order valence-corrected chi connectivity index (χ4v) is 4.75. The van der Waals surface area contributed by atoms with Gasteiger partial charge in [0.05, 0.1) is 5.52 Å². The molecule has 1 saturated carbocycles. The first-order chi connectivity index (χ1) is 14.0. The Hall–Kier alpha value is -2.11. The zero-order chi connectivity index (χ0) is 20.4. The predicted octanol–water partition coefficient (Wildman–Crippen LogP) is 5.50. The van der Waals surface area contributed by atoms with E-state index in [2.05, 4.69) is 23.0 Å². The first-order valence-electron chi connectivity index (χ1n) is 10.3. The summed E-state index contributed by atoms with van der Waals surface area (Å²) in [4.78, 5) is 16.5. The van der Waals surface area contributed by atoms with Gasteiger partial charge in [0, 0.05) is 11.1 Å². The van der Waals surface area contributed by atoms with Gasteiger partial charge in [0.2, 0.25) is 0 Å². The van der Waals surface area contributed by atoms with Crippen LogP contribution in [0, 0.1) is 5.82 Å². The lowest BCUT2D eigenvalue weighted by Crippen LogP contribution is -2.35. The summed E-state index contributed by atoms with van der Waals surface area (Å²) >= 11 is 6.13. The molecular formula is C23H26ClFN2O2. The lowest BCUT2D eigenvalue weighted by atomic mass is 9.81. The monoisotopic (exact) mass is 416 g/mol. The number of rotatable bonds is 6. The molecule has 1 aliphatic carbocycles. The number of nitrogens with one attached hydrogen (secondary N) is 1. The highest BCUT2D eigenvalue weighted by atomic mass is 35.5. The number of nitrogens with zero attached hydrogens (tertiary/aromatic N) is 1. The molecule has 154 valence electrons. The summed E-state index contributed by atoms with van der Waals surface area (Å²) in [7, 11) is 2.19. The maximum absolute atomic E-state index is 13.2. The number of fused-ring (bicyclic) bond motifs is 1. The van der Waals surface area contributed by atoms with Crippen molar-refractivity contribution < 1.29 is 8.81 Å². The Balaban J connectivity index is 1.27. The minimum Gasteiger partial charge on any atom is -0.408 e. The van der Waals surface area contributed by atoms with Crippen LogP contribution in [0.15, 0.2) is 45.6 Å². The Morgan fingerprint density at radius 3 is 2.72 bits per heavy atom. The fourth-order valence-electron chi connectivity index (χ4n) is 4.49. The van der Waals surface area contributed by atoms with Crippen molar-refractivity contribution in [3.8, 4) is 0 Å². The van der Waals surface area contributed by atoms with Crippen molar-refractivity contribution in [1.82, 2.24) is 9.88 Å². The van der Waals surface area contributed by atoms with Gasteiger partial charge in [-0.25, -0.2) is 9.18 Å². The average molecular weight is 417 g/mol. The van der Waals surface area contributed by atoms with E-state index < -0.39 is 5.76 Å². The maximum Gasteiger partial charge on any atom is 0.417 e. The van der Waals surface area contributed by atoms with Gasteiger partial charge in [-0.1, -0.05) is 23.7 Å². The van der Waals surface area contributed by atoms with Crippen molar-refractivity contribution in [3.05, 3.63) is 68.9 Å². The van der Waals surface area contributed by atoms with E-state index in [0.717, 1.165) is 56.1 Å². The molecule has 4 nitrogen and oxygen atoms in total. The molecule has 0 spiro atoms. The van der Waals surface area contributed by atoms with Gasteiger partial charge in [-0.15, -0.1) is 0 Å². The van der Waals surface area contributed by atoms with Crippen LogP contribution in [0.4, 0.5) is 4.39 Å². The molecule has 6 heteroatoms. The number of hydrogen-bond acceptors (Lipinski definition) is 3. The van der Waals surface area contributed by atoms with Gasteiger partial charge in [-0.2, -0.15) is 0 Å². The van der Waals surface area contributed by atoms with E-state index in [0.29, 0.717) is 22.6 Å². The summed E-state index contributed by atoms with van der Waals surface area (Å²) < 4.78 is 18.4. The van der Waals surface area contributed by atoms with Crippen molar-refractivity contribution in [2.24, 2.45) is 0 Å². The molecule has 0 aliphatic heterocycles. The van der Waals surface area contributed by atoms with Gasteiger partial charge < -0.3 is 9.32 Å². The second kappa shape index (κ2) is 8.72. The zero-order valence-electron chi connectivity index (χ0n) is 16.6. The molecule has 0 amide bonds. The van der Waals surface area contributed by atoms with Crippen LogP contribution in [0.3, 0.4) is 0 Å². The third-order valence-corrected chi connectivity index (χ3v) is 6.56. The number of aromatic amines is 1. The molecule has 1 N–H and O–H groups in total. The smallest absolute Gasteiger partial charge is 0.408 e. The molecule has 1 heterocycles. The van der Waals surface area contributed by atoms with Crippen LogP contribution in [0.1, 0.15) is 49.1 Å². The largest absolute Gasteiger partial charge is 0.417 e. The number of aromatic nitrogens is 1. The Bertz CT molecular complexity index is 1040. The molecule has 0 saturated heterocycles. The second-order valence-electron chi connectivity index (χ2n) is 8.10. The molecule has 2 aromatic carbocycles. The van der Waals surface area contributed by atoms with E-state index in [-0.39, 0.29) is 5.82 Å². The normalized spacial score (nSPS) is 19.9. The molecule has 0 unspecified atom stereocenters. The first-order valence-corrected chi connectivity index (χ1v) is 10.6. The van der Waals surface area contributed by atoms with Crippen molar-refractivity contribution in [2.45, 2.75) is 50.5 Å². The number of H-pyrrole nitrogens is 1. The van der Waals surface area contributed by atoms with E-state index in [1.54, 1.807) is 6.07 Å². The minimum atomic E-state index is -0.399. The molecule has 3 aromatic rings. The van der Waals surface area contributed by atoms with Gasteiger partial charge >= 0.3 is 5.76 Å². The van der Waals surface area contributed by atoms with Crippen LogP contribution >= 0.6 is 11.6 Å². The highest BCUT2D eigenvalue weighted by molar-refractivity contribution is 6.31. The molecular weight excluding hydrogens is 391 g/mol. The van der Waals surface area contributed by atoms with Gasteiger partial charge in [-0.3, -0.25) is 4.98 Å². The summed E-state index contributed by atoms with van der Waals surface area (Å²) in [5.74, 6) is -0.169. The highest BCUT2D eigenvalue weighted by Gasteiger charge is 2.25. The van der Waals surface area contributed by atoms with Crippen LogP contribution < -0.4 is 5.76 Å². The summed E-state index contributed by atoms with van der Waals surface area (Å²) in [6.45, 7) is 1.00. The van der Waals surface area contributed by atoms with Crippen LogP contribution in [0.25, 0.3) is 11.1 Å². The predicted molar refractivity (Wildman–Crippen MR) is 114 cm³/mol. The van der Waals surface area contributed by atoms with E-state index >= 15 is 0 Å². The maximum atomic E-state index is 13.2. The van der Waals surface area contributed by atoms with Crippen molar-refractivity contribution in [2.75, 3.05) is 13.6 Å².